The average Bonchev–Trinajstić information content (AvgIpc) is 2.92. The third-order valence-electron chi connectivity index (χ3n) is 3.80. The Hall–Kier alpha value is -2.29. The molecule has 0 aliphatic carbocycles. The number of aryl methyl sites for hydroxylation is 2. The number of hydrogen-bond acceptors (Lipinski definition) is 3. The molecule has 0 aromatic heterocycles. The quantitative estimate of drug-likeness (QED) is 0.922. The Kier molecular flexibility index (Phi) is 3.42. The van der Waals surface area contributed by atoms with E-state index in [1.165, 1.54) is 22.4 Å². The highest BCUT2D eigenvalue weighted by Crippen LogP contribution is 2.20. The standard InChI is InChI=1S/C17H19N3/c1-13-7-6-8-14(2)16(13)11-17-19-18-12-20(17)15-9-4-3-5-10-15/h3-10,18H,11-12H2,1-2H3. The maximum absolute atomic E-state index is 4.46. The molecule has 1 aliphatic rings. The maximum Gasteiger partial charge on any atom is 0.135 e. The lowest BCUT2D eigenvalue weighted by Gasteiger charge is -2.20. The van der Waals surface area contributed by atoms with Crippen molar-refractivity contribution in [3.05, 3.63) is 65.2 Å². The second-order valence-electron chi connectivity index (χ2n) is 5.15. The van der Waals surface area contributed by atoms with Gasteiger partial charge in [0.2, 0.25) is 0 Å². The second-order valence-corrected chi connectivity index (χ2v) is 5.15. The summed E-state index contributed by atoms with van der Waals surface area (Å²) in [4.78, 5) is 2.23. The molecule has 2 aromatic carbocycles. The molecule has 1 aliphatic heterocycles. The summed E-state index contributed by atoms with van der Waals surface area (Å²) >= 11 is 0. The van der Waals surface area contributed by atoms with Crippen LogP contribution in [0.3, 0.4) is 0 Å². The van der Waals surface area contributed by atoms with Gasteiger partial charge in [0, 0.05) is 12.1 Å². The van der Waals surface area contributed by atoms with Gasteiger partial charge in [-0.25, -0.2) is 0 Å². The fraction of sp³-hybridized carbons (Fsp3) is 0.235. The summed E-state index contributed by atoms with van der Waals surface area (Å²) in [6.07, 6.45) is 0.862. The van der Waals surface area contributed by atoms with Crippen molar-refractivity contribution in [2.45, 2.75) is 20.3 Å². The first-order valence-corrected chi connectivity index (χ1v) is 6.93. The smallest absolute Gasteiger partial charge is 0.135 e. The number of para-hydroxylation sites is 1. The minimum absolute atomic E-state index is 0.740. The number of benzene rings is 2. The van der Waals surface area contributed by atoms with E-state index in [0.717, 1.165) is 18.9 Å². The van der Waals surface area contributed by atoms with Crippen LogP contribution in [0, 0.1) is 13.8 Å². The van der Waals surface area contributed by atoms with Crippen molar-refractivity contribution in [2.75, 3.05) is 11.6 Å². The number of hydrazone groups is 1. The lowest BCUT2D eigenvalue weighted by atomic mass is 9.99. The predicted octanol–water partition coefficient (Wildman–Crippen LogP) is 3.23. The molecule has 2 aromatic rings. The number of nitrogens with one attached hydrogen (secondary N) is 1. The van der Waals surface area contributed by atoms with Gasteiger partial charge in [0.1, 0.15) is 12.5 Å². The van der Waals surface area contributed by atoms with Crippen molar-refractivity contribution < 1.29 is 0 Å². The molecule has 20 heavy (non-hydrogen) atoms. The van der Waals surface area contributed by atoms with E-state index in [1.807, 2.05) is 6.07 Å². The number of nitrogens with zero attached hydrogens (tertiary/aromatic N) is 2. The fourth-order valence-electron chi connectivity index (χ4n) is 2.62. The lowest BCUT2D eigenvalue weighted by Crippen LogP contribution is -2.30. The van der Waals surface area contributed by atoms with Gasteiger partial charge in [0.15, 0.2) is 0 Å². The molecule has 0 fully saturated rings. The molecule has 0 bridgehead atoms. The van der Waals surface area contributed by atoms with Crippen molar-refractivity contribution in [3.8, 4) is 0 Å². The highest BCUT2D eigenvalue weighted by atomic mass is 15.5. The van der Waals surface area contributed by atoms with E-state index in [-0.39, 0.29) is 0 Å². The van der Waals surface area contributed by atoms with Crippen LogP contribution in [0.15, 0.2) is 53.6 Å². The monoisotopic (exact) mass is 265 g/mol. The molecule has 3 heteroatoms. The van der Waals surface area contributed by atoms with E-state index >= 15 is 0 Å². The Balaban J connectivity index is 1.87. The van der Waals surface area contributed by atoms with E-state index < -0.39 is 0 Å². The van der Waals surface area contributed by atoms with Gasteiger partial charge < -0.3 is 4.90 Å². The zero-order chi connectivity index (χ0) is 13.9. The first-order valence-electron chi connectivity index (χ1n) is 6.93. The Morgan fingerprint density at radius 1 is 1.00 bits per heavy atom. The van der Waals surface area contributed by atoms with Crippen LogP contribution in [0.1, 0.15) is 16.7 Å². The van der Waals surface area contributed by atoms with E-state index in [1.54, 1.807) is 0 Å². The minimum Gasteiger partial charge on any atom is -0.309 e. The van der Waals surface area contributed by atoms with Crippen LogP contribution in [0.25, 0.3) is 0 Å². The van der Waals surface area contributed by atoms with Crippen molar-refractivity contribution in [3.63, 3.8) is 0 Å². The summed E-state index contributed by atoms with van der Waals surface area (Å²) in [5, 5.41) is 4.46. The SMILES string of the molecule is Cc1cccc(C)c1CC1=NNCN1c1ccccc1. The molecule has 0 radical (unpaired) electrons. The van der Waals surface area contributed by atoms with Crippen LogP contribution in [0.5, 0.6) is 0 Å². The van der Waals surface area contributed by atoms with Crippen LogP contribution in [0.4, 0.5) is 5.69 Å². The Morgan fingerprint density at radius 2 is 1.70 bits per heavy atom. The summed E-state index contributed by atoms with van der Waals surface area (Å²) in [5.41, 5.74) is 8.30. The molecule has 1 N–H and O–H groups in total. The number of hydrogen-bond donors (Lipinski definition) is 1. The van der Waals surface area contributed by atoms with Gasteiger partial charge in [-0.3, -0.25) is 5.43 Å². The van der Waals surface area contributed by atoms with Gasteiger partial charge in [0.25, 0.3) is 0 Å². The predicted molar refractivity (Wildman–Crippen MR) is 84.0 cm³/mol. The Labute approximate surface area is 119 Å². The van der Waals surface area contributed by atoms with Gasteiger partial charge >= 0.3 is 0 Å². The third-order valence-corrected chi connectivity index (χ3v) is 3.80. The molecule has 102 valence electrons. The van der Waals surface area contributed by atoms with Gasteiger partial charge in [-0.05, 0) is 42.7 Å². The summed E-state index contributed by atoms with van der Waals surface area (Å²) < 4.78 is 0. The molecule has 0 atom stereocenters. The summed E-state index contributed by atoms with van der Waals surface area (Å²) in [6.45, 7) is 5.07. The zero-order valence-electron chi connectivity index (χ0n) is 11.9. The summed E-state index contributed by atoms with van der Waals surface area (Å²) in [6, 6.07) is 16.8. The normalized spacial score (nSPS) is 14.1. The first-order chi connectivity index (χ1) is 9.75. The Morgan fingerprint density at radius 3 is 2.40 bits per heavy atom. The van der Waals surface area contributed by atoms with Crippen LogP contribution < -0.4 is 10.3 Å². The van der Waals surface area contributed by atoms with Gasteiger partial charge in [-0.2, -0.15) is 5.10 Å². The number of amidine groups is 1. The molecule has 0 saturated heterocycles. The average molecular weight is 265 g/mol. The molecular formula is C17H19N3. The van der Waals surface area contributed by atoms with E-state index in [2.05, 4.69) is 71.7 Å². The van der Waals surface area contributed by atoms with Gasteiger partial charge in [-0.1, -0.05) is 36.4 Å². The lowest BCUT2D eigenvalue weighted by molar-refractivity contribution is 0.807. The van der Waals surface area contributed by atoms with Crippen LogP contribution >= 0.6 is 0 Å². The van der Waals surface area contributed by atoms with Crippen molar-refractivity contribution in [2.24, 2.45) is 5.10 Å². The van der Waals surface area contributed by atoms with Crippen LogP contribution in [-0.2, 0) is 6.42 Å². The molecule has 0 spiro atoms. The highest BCUT2D eigenvalue weighted by molar-refractivity contribution is 6.00. The largest absolute Gasteiger partial charge is 0.309 e. The van der Waals surface area contributed by atoms with Gasteiger partial charge in [0.05, 0.1) is 0 Å². The van der Waals surface area contributed by atoms with E-state index in [9.17, 15) is 0 Å². The van der Waals surface area contributed by atoms with Crippen LogP contribution in [0.2, 0.25) is 0 Å². The van der Waals surface area contributed by atoms with Crippen molar-refractivity contribution in [1.82, 2.24) is 5.43 Å². The molecule has 0 saturated carbocycles. The molecule has 3 rings (SSSR count). The first kappa shape index (κ1) is 12.7. The summed E-state index contributed by atoms with van der Waals surface area (Å²) in [5.74, 6) is 1.08. The molecular weight excluding hydrogens is 246 g/mol. The number of rotatable bonds is 3. The zero-order valence-corrected chi connectivity index (χ0v) is 11.9. The molecule has 1 heterocycles. The number of anilines is 1. The van der Waals surface area contributed by atoms with E-state index in [4.69, 9.17) is 0 Å². The molecule has 0 amide bonds. The summed E-state index contributed by atoms with van der Waals surface area (Å²) in [7, 11) is 0. The topological polar surface area (TPSA) is 27.6 Å². The minimum atomic E-state index is 0.740. The fourth-order valence-corrected chi connectivity index (χ4v) is 2.62. The highest BCUT2D eigenvalue weighted by Gasteiger charge is 2.19. The van der Waals surface area contributed by atoms with Crippen molar-refractivity contribution >= 4 is 11.5 Å². The third kappa shape index (κ3) is 2.39. The maximum atomic E-state index is 4.46. The molecule has 3 nitrogen and oxygen atoms in total. The second kappa shape index (κ2) is 5.37. The Bertz CT molecular complexity index is 612. The molecule has 0 unspecified atom stereocenters. The van der Waals surface area contributed by atoms with Gasteiger partial charge in [-0.15, -0.1) is 0 Å². The van der Waals surface area contributed by atoms with Crippen LogP contribution in [-0.4, -0.2) is 12.5 Å². The van der Waals surface area contributed by atoms with Crippen molar-refractivity contribution in [1.29, 1.82) is 0 Å². The van der Waals surface area contributed by atoms with E-state index in [0.29, 0.717) is 0 Å².